The van der Waals surface area contributed by atoms with E-state index in [1.165, 1.54) is 0 Å². The summed E-state index contributed by atoms with van der Waals surface area (Å²) in [4.78, 5) is 6.24. The third-order valence-electron chi connectivity index (χ3n) is 1.58. The summed E-state index contributed by atoms with van der Waals surface area (Å²) in [5, 5.41) is 3.08. The largest absolute Gasteiger partial charge is 0.372 e. The summed E-state index contributed by atoms with van der Waals surface area (Å²) in [5.74, 6) is 0.980. The van der Waals surface area contributed by atoms with Crippen LogP contribution in [0.2, 0.25) is 0 Å². The van der Waals surface area contributed by atoms with E-state index in [1.807, 2.05) is 49.3 Å². The first kappa shape index (κ1) is 9.58. The lowest BCUT2D eigenvalue weighted by atomic mass is 10.4. The maximum atomic E-state index is 4.20. The summed E-state index contributed by atoms with van der Waals surface area (Å²) in [6.45, 7) is 4.82. The van der Waals surface area contributed by atoms with Crippen molar-refractivity contribution in [2.45, 2.75) is 13.8 Å². The van der Waals surface area contributed by atoms with Gasteiger partial charge in [0, 0.05) is 18.6 Å². The Bertz CT molecular complexity index is 256. The standard InChI is InChI=1S/C8H9N3.C2H6/c1-2-4-10-8(3-1)11-6-5-9-7-11;1-2/h1-6,9H,7H2;1-2H3. The van der Waals surface area contributed by atoms with Crippen molar-refractivity contribution in [3.05, 3.63) is 36.8 Å². The van der Waals surface area contributed by atoms with Crippen LogP contribution in [0.25, 0.3) is 0 Å². The molecule has 3 heteroatoms. The number of aromatic nitrogens is 1. The third-order valence-corrected chi connectivity index (χ3v) is 1.58. The first-order valence-corrected chi connectivity index (χ1v) is 4.54. The Hall–Kier alpha value is -1.51. The quantitative estimate of drug-likeness (QED) is 0.710. The zero-order valence-electron chi connectivity index (χ0n) is 8.07. The second-order valence-electron chi connectivity index (χ2n) is 2.34. The zero-order valence-corrected chi connectivity index (χ0v) is 8.07. The highest BCUT2D eigenvalue weighted by atomic mass is 15.3. The van der Waals surface area contributed by atoms with Gasteiger partial charge in [-0.15, -0.1) is 0 Å². The molecule has 0 radical (unpaired) electrons. The molecule has 2 heterocycles. The lowest BCUT2D eigenvalue weighted by molar-refractivity contribution is 0.887. The molecule has 2 rings (SSSR count). The van der Waals surface area contributed by atoms with E-state index in [0.29, 0.717) is 0 Å². The van der Waals surface area contributed by atoms with Gasteiger partial charge in [0.05, 0.1) is 6.67 Å². The van der Waals surface area contributed by atoms with Crippen LogP contribution in [0.1, 0.15) is 13.8 Å². The maximum Gasteiger partial charge on any atom is 0.133 e. The highest BCUT2D eigenvalue weighted by molar-refractivity contribution is 5.42. The number of pyridine rings is 1. The van der Waals surface area contributed by atoms with E-state index in [0.717, 1.165) is 12.5 Å². The average Bonchev–Trinajstić information content (AvgIpc) is 2.75. The summed E-state index contributed by atoms with van der Waals surface area (Å²) in [5.41, 5.74) is 0. The third kappa shape index (κ3) is 2.47. The number of nitrogens with zero attached hydrogens (tertiary/aromatic N) is 2. The first-order valence-electron chi connectivity index (χ1n) is 4.54. The van der Waals surface area contributed by atoms with Gasteiger partial charge in [0.25, 0.3) is 0 Å². The number of hydrogen-bond donors (Lipinski definition) is 1. The first-order chi connectivity index (χ1) is 6.47. The summed E-state index contributed by atoms with van der Waals surface area (Å²) in [7, 11) is 0. The van der Waals surface area contributed by atoms with Crippen molar-refractivity contribution >= 4 is 5.82 Å². The Morgan fingerprint density at radius 2 is 2.23 bits per heavy atom. The van der Waals surface area contributed by atoms with Gasteiger partial charge in [-0.25, -0.2) is 4.98 Å². The van der Waals surface area contributed by atoms with Gasteiger partial charge in [-0.3, -0.25) is 0 Å². The van der Waals surface area contributed by atoms with Gasteiger partial charge < -0.3 is 10.2 Å². The van der Waals surface area contributed by atoms with Crippen molar-refractivity contribution in [2.24, 2.45) is 0 Å². The van der Waals surface area contributed by atoms with E-state index < -0.39 is 0 Å². The monoisotopic (exact) mass is 177 g/mol. The lowest BCUT2D eigenvalue weighted by Crippen LogP contribution is -2.20. The fraction of sp³-hybridized carbons (Fsp3) is 0.300. The molecule has 1 N–H and O–H groups in total. The molecule has 0 amide bonds. The van der Waals surface area contributed by atoms with Crippen LogP contribution < -0.4 is 10.2 Å². The molecule has 0 unspecified atom stereocenters. The van der Waals surface area contributed by atoms with Crippen LogP contribution in [0, 0.1) is 0 Å². The average molecular weight is 177 g/mol. The van der Waals surface area contributed by atoms with Crippen molar-refractivity contribution < 1.29 is 0 Å². The molecule has 0 saturated heterocycles. The van der Waals surface area contributed by atoms with Gasteiger partial charge in [-0.2, -0.15) is 0 Å². The normalized spacial score (nSPS) is 13.2. The molecule has 1 aliphatic rings. The van der Waals surface area contributed by atoms with Gasteiger partial charge in [0.2, 0.25) is 0 Å². The lowest BCUT2D eigenvalue weighted by Gasteiger charge is -2.12. The maximum absolute atomic E-state index is 4.20. The van der Waals surface area contributed by atoms with Crippen LogP contribution in [0.15, 0.2) is 36.8 Å². The highest BCUT2D eigenvalue weighted by Gasteiger charge is 2.05. The SMILES string of the molecule is C1=CN(c2ccccn2)CN1.CC. The zero-order chi connectivity index (χ0) is 9.52. The van der Waals surface area contributed by atoms with Crippen molar-refractivity contribution in [1.29, 1.82) is 0 Å². The van der Waals surface area contributed by atoms with E-state index >= 15 is 0 Å². The summed E-state index contributed by atoms with van der Waals surface area (Å²) < 4.78 is 0. The van der Waals surface area contributed by atoms with Crippen molar-refractivity contribution in [1.82, 2.24) is 10.3 Å². The number of hydrogen-bond acceptors (Lipinski definition) is 3. The topological polar surface area (TPSA) is 28.2 Å². The van der Waals surface area contributed by atoms with Gasteiger partial charge in [0.15, 0.2) is 0 Å². The minimum atomic E-state index is 0.816. The minimum Gasteiger partial charge on any atom is -0.372 e. The minimum absolute atomic E-state index is 0.816. The molecule has 1 aromatic rings. The molecule has 0 bridgehead atoms. The van der Waals surface area contributed by atoms with Crippen LogP contribution in [-0.4, -0.2) is 11.7 Å². The number of anilines is 1. The molecule has 13 heavy (non-hydrogen) atoms. The molecule has 1 aromatic heterocycles. The van der Waals surface area contributed by atoms with Crippen LogP contribution >= 0.6 is 0 Å². The van der Waals surface area contributed by atoms with Gasteiger partial charge in [-0.1, -0.05) is 19.9 Å². The smallest absolute Gasteiger partial charge is 0.133 e. The van der Waals surface area contributed by atoms with Crippen LogP contribution in [0.5, 0.6) is 0 Å². The second-order valence-corrected chi connectivity index (χ2v) is 2.34. The van der Waals surface area contributed by atoms with Crippen LogP contribution in [0.4, 0.5) is 5.82 Å². The Balaban J connectivity index is 0.000000396. The molecule has 0 aliphatic carbocycles. The highest BCUT2D eigenvalue weighted by Crippen LogP contribution is 2.09. The molecule has 0 atom stereocenters. The van der Waals surface area contributed by atoms with Crippen LogP contribution in [-0.2, 0) is 0 Å². The second kappa shape index (κ2) is 5.19. The van der Waals surface area contributed by atoms with Crippen molar-refractivity contribution in [3.8, 4) is 0 Å². The summed E-state index contributed by atoms with van der Waals surface area (Å²) in [6.07, 6.45) is 5.68. The van der Waals surface area contributed by atoms with Gasteiger partial charge >= 0.3 is 0 Å². The van der Waals surface area contributed by atoms with E-state index in [9.17, 15) is 0 Å². The summed E-state index contributed by atoms with van der Waals surface area (Å²) >= 11 is 0. The number of rotatable bonds is 1. The fourth-order valence-electron chi connectivity index (χ4n) is 1.03. The molecular formula is C10H15N3. The predicted octanol–water partition coefficient (Wildman–Crippen LogP) is 1.95. The van der Waals surface area contributed by atoms with E-state index in [1.54, 1.807) is 6.20 Å². The Labute approximate surface area is 79.1 Å². The molecule has 70 valence electrons. The van der Waals surface area contributed by atoms with Crippen molar-refractivity contribution in [3.63, 3.8) is 0 Å². The molecular weight excluding hydrogens is 162 g/mol. The Morgan fingerprint density at radius 1 is 1.38 bits per heavy atom. The molecule has 0 aromatic carbocycles. The molecule has 1 aliphatic heterocycles. The van der Waals surface area contributed by atoms with Crippen molar-refractivity contribution in [2.75, 3.05) is 11.6 Å². The molecule has 0 spiro atoms. The molecule has 0 fully saturated rings. The van der Waals surface area contributed by atoms with Crippen LogP contribution in [0.3, 0.4) is 0 Å². The Kier molecular flexibility index (Phi) is 3.82. The Morgan fingerprint density at radius 3 is 2.77 bits per heavy atom. The summed E-state index contributed by atoms with van der Waals surface area (Å²) in [6, 6.07) is 5.88. The molecule has 0 saturated carbocycles. The predicted molar refractivity (Wildman–Crippen MR) is 55.2 cm³/mol. The number of nitrogens with one attached hydrogen (secondary N) is 1. The molecule has 3 nitrogen and oxygen atoms in total. The fourth-order valence-corrected chi connectivity index (χ4v) is 1.03. The van der Waals surface area contributed by atoms with E-state index in [2.05, 4.69) is 10.3 Å². The van der Waals surface area contributed by atoms with E-state index in [4.69, 9.17) is 0 Å². The van der Waals surface area contributed by atoms with E-state index in [-0.39, 0.29) is 0 Å². The van der Waals surface area contributed by atoms with Gasteiger partial charge in [0.1, 0.15) is 5.82 Å². The van der Waals surface area contributed by atoms with Gasteiger partial charge in [-0.05, 0) is 12.1 Å².